The van der Waals surface area contributed by atoms with Gasteiger partial charge in [0.05, 0.1) is 6.26 Å². The first-order valence-electron chi connectivity index (χ1n) is 6.03. The lowest BCUT2D eigenvalue weighted by molar-refractivity contribution is 0.0961. The molecule has 1 fully saturated rings. The number of rotatable bonds is 4. The first-order valence-corrected chi connectivity index (χ1v) is 7.88. The van der Waals surface area contributed by atoms with Crippen molar-refractivity contribution in [2.75, 3.05) is 12.8 Å². The lowest BCUT2D eigenvalue weighted by Crippen LogP contribution is -2.36. The zero-order valence-corrected chi connectivity index (χ0v) is 11.2. The maximum Gasteiger partial charge on any atom is 0.211 e. The first kappa shape index (κ1) is 13.2. The van der Waals surface area contributed by atoms with Gasteiger partial charge in [0.15, 0.2) is 5.78 Å². The van der Waals surface area contributed by atoms with Crippen molar-refractivity contribution in [1.29, 1.82) is 0 Å². The molecule has 0 amide bonds. The van der Waals surface area contributed by atoms with Crippen molar-refractivity contribution < 1.29 is 13.2 Å². The van der Waals surface area contributed by atoms with Gasteiger partial charge in [-0.3, -0.25) is 4.79 Å². The van der Waals surface area contributed by atoms with Crippen LogP contribution in [0.3, 0.4) is 0 Å². The molecule has 1 aromatic rings. The van der Waals surface area contributed by atoms with Gasteiger partial charge in [-0.05, 0) is 12.8 Å². The van der Waals surface area contributed by atoms with Crippen molar-refractivity contribution in [3.8, 4) is 0 Å². The molecule has 1 aromatic carbocycles. The molecule has 5 heteroatoms. The smallest absolute Gasteiger partial charge is 0.211 e. The molecule has 2 rings (SSSR count). The molecular weight excluding hydrogens is 250 g/mol. The Morgan fingerprint density at radius 2 is 2.00 bits per heavy atom. The Bertz CT molecular complexity index is 524. The lowest BCUT2D eigenvalue weighted by atomic mass is 10.0. The van der Waals surface area contributed by atoms with E-state index >= 15 is 0 Å². The van der Waals surface area contributed by atoms with Gasteiger partial charge in [0.1, 0.15) is 0 Å². The van der Waals surface area contributed by atoms with Crippen LogP contribution in [0.4, 0.5) is 0 Å². The van der Waals surface area contributed by atoms with E-state index in [1.807, 2.05) is 18.2 Å². The second-order valence-corrected chi connectivity index (χ2v) is 6.60. The zero-order chi connectivity index (χ0) is 13.2. The number of hydrogen-bond donors (Lipinski definition) is 0. The van der Waals surface area contributed by atoms with Crippen LogP contribution in [0.1, 0.15) is 29.6 Å². The van der Waals surface area contributed by atoms with Crippen LogP contribution in [0.15, 0.2) is 30.3 Å². The van der Waals surface area contributed by atoms with Gasteiger partial charge in [0.2, 0.25) is 10.0 Å². The summed E-state index contributed by atoms with van der Waals surface area (Å²) in [5.74, 6) is 0.0103. The van der Waals surface area contributed by atoms with E-state index in [0.29, 0.717) is 12.1 Å². The molecular formula is C13H17NO3S. The van der Waals surface area contributed by atoms with Gasteiger partial charge in [0.25, 0.3) is 0 Å². The molecule has 1 saturated heterocycles. The summed E-state index contributed by atoms with van der Waals surface area (Å²) < 4.78 is 24.6. The van der Waals surface area contributed by atoms with E-state index in [0.717, 1.165) is 12.8 Å². The molecule has 1 heterocycles. The van der Waals surface area contributed by atoms with Crippen LogP contribution in [0, 0.1) is 0 Å². The second-order valence-electron chi connectivity index (χ2n) is 4.66. The average molecular weight is 267 g/mol. The molecule has 1 aliphatic heterocycles. The van der Waals surface area contributed by atoms with Gasteiger partial charge in [-0.1, -0.05) is 30.3 Å². The maximum atomic E-state index is 12.1. The van der Waals surface area contributed by atoms with E-state index in [1.165, 1.54) is 10.6 Å². The van der Waals surface area contributed by atoms with Crippen molar-refractivity contribution >= 4 is 15.8 Å². The lowest BCUT2D eigenvalue weighted by Gasteiger charge is -2.21. The predicted molar refractivity (Wildman–Crippen MR) is 70.0 cm³/mol. The van der Waals surface area contributed by atoms with Crippen molar-refractivity contribution in [1.82, 2.24) is 4.31 Å². The molecule has 98 valence electrons. The largest absolute Gasteiger partial charge is 0.294 e. The fourth-order valence-corrected chi connectivity index (χ4v) is 3.59. The molecule has 0 aromatic heterocycles. The SMILES string of the molecule is CS(=O)(=O)N1CCCC1CC(=O)c1ccccc1. The number of sulfonamides is 1. The molecule has 4 nitrogen and oxygen atoms in total. The Morgan fingerprint density at radius 3 is 2.61 bits per heavy atom. The molecule has 0 aliphatic carbocycles. The standard InChI is InChI=1S/C13H17NO3S/c1-18(16,17)14-9-5-8-12(14)10-13(15)11-6-3-2-4-7-11/h2-4,6-7,12H,5,8-10H2,1H3. The third kappa shape index (κ3) is 2.97. The van der Waals surface area contributed by atoms with Gasteiger partial charge in [-0.15, -0.1) is 0 Å². The fourth-order valence-electron chi connectivity index (χ4n) is 2.41. The molecule has 0 radical (unpaired) electrons. The number of ketones is 1. The van der Waals surface area contributed by atoms with Crippen LogP contribution in [0.25, 0.3) is 0 Å². The zero-order valence-electron chi connectivity index (χ0n) is 10.4. The fraction of sp³-hybridized carbons (Fsp3) is 0.462. The number of nitrogens with zero attached hydrogens (tertiary/aromatic N) is 1. The van der Waals surface area contributed by atoms with Crippen LogP contribution in [0.2, 0.25) is 0 Å². The summed E-state index contributed by atoms with van der Waals surface area (Å²) in [5, 5.41) is 0. The van der Waals surface area contributed by atoms with Gasteiger partial charge in [-0.25, -0.2) is 8.42 Å². The van der Waals surface area contributed by atoms with Crippen molar-refractivity contribution in [2.24, 2.45) is 0 Å². The summed E-state index contributed by atoms with van der Waals surface area (Å²) in [6, 6.07) is 8.85. The Labute approximate surface area is 108 Å². The number of carbonyl (C=O) groups is 1. The van der Waals surface area contributed by atoms with E-state index in [-0.39, 0.29) is 18.2 Å². The summed E-state index contributed by atoms with van der Waals surface area (Å²) in [7, 11) is -3.20. The van der Waals surface area contributed by atoms with Crippen LogP contribution < -0.4 is 0 Å². The quantitative estimate of drug-likeness (QED) is 0.780. The number of benzene rings is 1. The highest BCUT2D eigenvalue weighted by molar-refractivity contribution is 7.88. The minimum atomic E-state index is -3.20. The normalized spacial score (nSPS) is 21.1. The summed E-state index contributed by atoms with van der Waals surface area (Å²) >= 11 is 0. The highest BCUT2D eigenvalue weighted by Gasteiger charge is 2.32. The summed E-state index contributed by atoms with van der Waals surface area (Å²) in [6.45, 7) is 0.533. The van der Waals surface area contributed by atoms with Crippen LogP contribution >= 0.6 is 0 Å². The van der Waals surface area contributed by atoms with Crippen molar-refractivity contribution in [2.45, 2.75) is 25.3 Å². The third-order valence-electron chi connectivity index (χ3n) is 3.27. The van der Waals surface area contributed by atoms with Gasteiger partial charge in [0, 0.05) is 24.6 Å². The average Bonchev–Trinajstić information content (AvgIpc) is 2.78. The topological polar surface area (TPSA) is 54.5 Å². The summed E-state index contributed by atoms with van der Waals surface area (Å²) in [5.41, 5.74) is 0.651. The van der Waals surface area contributed by atoms with Crippen LogP contribution in [-0.4, -0.2) is 37.3 Å². The Morgan fingerprint density at radius 1 is 1.33 bits per heavy atom. The van der Waals surface area contributed by atoms with Gasteiger partial charge in [-0.2, -0.15) is 4.31 Å². The maximum absolute atomic E-state index is 12.1. The van der Waals surface area contributed by atoms with Crippen molar-refractivity contribution in [3.05, 3.63) is 35.9 Å². The summed E-state index contributed by atoms with van der Waals surface area (Å²) in [4.78, 5) is 12.1. The molecule has 1 atom stereocenters. The number of Topliss-reactive ketones (excluding diaryl/α,β-unsaturated/α-hetero) is 1. The summed E-state index contributed by atoms with van der Waals surface area (Å²) in [6.07, 6.45) is 3.08. The molecule has 0 spiro atoms. The van der Waals surface area contributed by atoms with Gasteiger partial charge < -0.3 is 0 Å². The van der Waals surface area contributed by atoms with Gasteiger partial charge >= 0.3 is 0 Å². The van der Waals surface area contributed by atoms with E-state index in [1.54, 1.807) is 12.1 Å². The molecule has 0 bridgehead atoms. The predicted octanol–water partition coefficient (Wildman–Crippen LogP) is 1.68. The molecule has 0 N–H and O–H groups in total. The minimum Gasteiger partial charge on any atom is -0.294 e. The first-order chi connectivity index (χ1) is 8.48. The van der Waals surface area contributed by atoms with Crippen LogP contribution in [-0.2, 0) is 10.0 Å². The molecule has 1 unspecified atom stereocenters. The molecule has 18 heavy (non-hydrogen) atoms. The van der Waals surface area contributed by atoms with Crippen LogP contribution in [0.5, 0.6) is 0 Å². The van der Waals surface area contributed by atoms with E-state index in [4.69, 9.17) is 0 Å². The van der Waals surface area contributed by atoms with Crippen molar-refractivity contribution in [3.63, 3.8) is 0 Å². The Balaban J connectivity index is 2.08. The second kappa shape index (κ2) is 5.20. The minimum absolute atomic E-state index is 0.0103. The highest BCUT2D eigenvalue weighted by atomic mass is 32.2. The highest BCUT2D eigenvalue weighted by Crippen LogP contribution is 2.24. The van der Waals surface area contributed by atoms with E-state index in [9.17, 15) is 13.2 Å². The molecule has 0 saturated carbocycles. The Kier molecular flexibility index (Phi) is 3.82. The third-order valence-corrected chi connectivity index (χ3v) is 4.60. The number of carbonyl (C=O) groups excluding carboxylic acids is 1. The van der Waals surface area contributed by atoms with E-state index in [2.05, 4.69) is 0 Å². The molecule has 1 aliphatic rings. The Hall–Kier alpha value is -1.20. The number of hydrogen-bond acceptors (Lipinski definition) is 3. The van der Waals surface area contributed by atoms with E-state index < -0.39 is 10.0 Å². The monoisotopic (exact) mass is 267 g/mol.